The lowest BCUT2D eigenvalue weighted by Crippen LogP contribution is -2.18. The first-order chi connectivity index (χ1) is 9.15. The summed E-state index contributed by atoms with van der Waals surface area (Å²) in [6.07, 6.45) is 3.58. The van der Waals surface area contributed by atoms with Crippen LogP contribution in [0, 0.1) is 0 Å². The molecule has 0 aliphatic heterocycles. The van der Waals surface area contributed by atoms with Crippen molar-refractivity contribution in [1.29, 1.82) is 0 Å². The van der Waals surface area contributed by atoms with E-state index in [1.807, 2.05) is 37.5 Å². The lowest BCUT2D eigenvalue weighted by molar-refractivity contribution is 0.405. The van der Waals surface area contributed by atoms with E-state index in [1.165, 1.54) is 0 Å². The number of hydrogen-bond acceptors (Lipinski definition) is 3. The van der Waals surface area contributed by atoms with Gasteiger partial charge in [-0.05, 0) is 52.8 Å². The van der Waals surface area contributed by atoms with Crippen molar-refractivity contribution >= 4 is 27.5 Å². The van der Waals surface area contributed by atoms with Crippen LogP contribution in [-0.2, 0) is 0 Å². The fraction of sp³-hybridized carbons (Fsp3) is 0.214. The normalized spacial score (nSPS) is 12.2. The summed E-state index contributed by atoms with van der Waals surface area (Å²) in [4.78, 5) is 4.20. The number of methoxy groups -OCH3 is 1. The van der Waals surface area contributed by atoms with Crippen LogP contribution in [0.5, 0.6) is 5.75 Å². The van der Waals surface area contributed by atoms with Gasteiger partial charge in [-0.3, -0.25) is 4.98 Å². The molecule has 0 amide bonds. The van der Waals surface area contributed by atoms with E-state index in [1.54, 1.807) is 13.3 Å². The molecule has 0 fully saturated rings. The third-order valence-electron chi connectivity index (χ3n) is 2.85. The van der Waals surface area contributed by atoms with Crippen molar-refractivity contribution in [3.63, 3.8) is 0 Å². The Labute approximate surface area is 126 Å². The maximum Gasteiger partial charge on any atom is 0.124 e. The minimum Gasteiger partial charge on any atom is -0.496 e. The van der Waals surface area contributed by atoms with Gasteiger partial charge in [0.1, 0.15) is 5.75 Å². The number of rotatable bonds is 4. The van der Waals surface area contributed by atoms with Crippen LogP contribution in [0.2, 0.25) is 5.02 Å². The van der Waals surface area contributed by atoms with Crippen molar-refractivity contribution in [3.05, 3.63) is 57.3 Å². The van der Waals surface area contributed by atoms with Crippen molar-refractivity contribution in [2.24, 2.45) is 0 Å². The number of ether oxygens (including phenoxy) is 1. The molecule has 2 aromatic rings. The van der Waals surface area contributed by atoms with E-state index in [2.05, 4.69) is 26.2 Å². The fourth-order valence-electron chi connectivity index (χ4n) is 2.02. The monoisotopic (exact) mass is 340 g/mol. The number of nitrogens with zero attached hydrogens (tertiary/aromatic N) is 1. The Morgan fingerprint density at radius 3 is 2.74 bits per heavy atom. The molecule has 1 heterocycles. The molecular formula is C14H14BrClN2O. The Morgan fingerprint density at radius 1 is 1.32 bits per heavy atom. The Kier molecular flexibility index (Phi) is 4.80. The molecule has 2 rings (SSSR count). The standard InChI is InChI=1S/C14H14BrClN2O/c1-17-14(9-5-10(15)8-18-7-9)12-6-11(16)3-4-13(12)19-2/h3-8,14,17H,1-2H3. The molecule has 1 aromatic carbocycles. The Bertz CT molecular complexity index is 577. The molecule has 19 heavy (non-hydrogen) atoms. The molecule has 1 aromatic heterocycles. The van der Waals surface area contributed by atoms with E-state index >= 15 is 0 Å². The van der Waals surface area contributed by atoms with E-state index in [0.717, 1.165) is 21.3 Å². The van der Waals surface area contributed by atoms with Gasteiger partial charge in [0, 0.05) is 27.5 Å². The number of benzene rings is 1. The largest absolute Gasteiger partial charge is 0.496 e. The molecule has 0 radical (unpaired) electrons. The Hall–Kier alpha value is -1.10. The van der Waals surface area contributed by atoms with E-state index < -0.39 is 0 Å². The molecule has 0 spiro atoms. The molecule has 100 valence electrons. The van der Waals surface area contributed by atoms with Gasteiger partial charge in [0.15, 0.2) is 0 Å². The molecule has 1 atom stereocenters. The van der Waals surface area contributed by atoms with Gasteiger partial charge in [-0.25, -0.2) is 0 Å². The molecule has 0 saturated carbocycles. The molecule has 1 N–H and O–H groups in total. The van der Waals surface area contributed by atoms with Crippen molar-refractivity contribution in [2.45, 2.75) is 6.04 Å². The lowest BCUT2D eigenvalue weighted by Gasteiger charge is -2.20. The predicted octanol–water partition coefficient (Wildman–Crippen LogP) is 3.81. The Balaban J connectivity index is 2.50. The molecule has 1 unspecified atom stereocenters. The topological polar surface area (TPSA) is 34.2 Å². The van der Waals surface area contributed by atoms with E-state index in [0.29, 0.717) is 5.02 Å². The summed E-state index contributed by atoms with van der Waals surface area (Å²) in [5.41, 5.74) is 2.02. The molecule has 0 aliphatic rings. The van der Waals surface area contributed by atoms with Crippen LogP contribution in [-0.4, -0.2) is 19.1 Å². The molecule has 0 aliphatic carbocycles. The first-order valence-electron chi connectivity index (χ1n) is 5.77. The van der Waals surface area contributed by atoms with Crippen LogP contribution >= 0.6 is 27.5 Å². The maximum atomic E-state index is 6.09. The Morgan fingerprint density at radius 2 is 2.11 bits per heavy atom. The predicted molar refractivity (Wildman–Crippen MR) is 80.8 cm³/mol. The average molecular weight is 342 g/mol. The lowest BCUT2D eigenvalue weighted by atomic mass is 9.99. The molecule has 3 nitrogen and oxygen atoms in total. The first-order valence-corrected chi connectivity index (χ1v) is 6.94. The minimum absolute atomic E-state index is 0.0290. The van der Waals surface area contributed by atoms with E-state index in [-0.39, 0.29) is 6.04 Å². The summed E-state index contributed by atoms with van der Waals surface area (Å²) in [7, 11) is 3.55. The molecule has 0 bridgehead atoms. The van der Waals surface area contributed by atoms with Crippen molar-refractivity contribution in [3.8, 4) is 5.75 Å². The maximum absolute atomic E-state index is 6.09. The van der Waals surface area contributed by atoms with Gasteiger partial charge in [0.05, 0.1) is 13.2 Å². The summed E-state index contributed by atoms with van der Waals surface area (Å²) in [6.45, 7) is 0. The van der Waals surface area contributed by atoms with Gasteiger partial charge in [-0.15, -0.1) is 0 Å². The highest BCUT2D eigenvalue weighted by molar-refractivity contribution is 9.10. The molecule has 5 heteroatoms. The minimum atomic E-state index is -0.0290. The zero-order valence-corrected chi connectivity index (χ0v) is 13.0. The fourth-order valence-corrected chi connectivity index (χ4v) is 2.58. The van der Waals surface area contributed by atoms with Gasteiger partial charge in [-0.1, -0.05) is 11.6 Å². The first kappa shape index (κ1) is 14.3. The second-order valence-corrected chi connectivity index (χ2v) is 5.40. The molecular weight excluding hydrogens is 328 g/mol. The summed E-state index contributed by atoms with van der Waals surface area (Å²) < 4.78 is 6.34. The van der Waals surface area contributed by atoms with Gasteiger partial charge in [-0.2, -0.15) is 0 Å². The molecule has 0 saturated heterocycles. The number of aromatic nitrogens is 1. The van der Waals surface area contributed by atoms with Crippen LogP contribution in [0.25, 0.3) is 0 Å². The van der Waals surface area contributed by atoms with E-state index in [9.17, 15) is 0 Å². The number of hydrogen-bond donors (Lipinski definition) is 1. The number of nitrogens with one attached hydrogen (secondary N) is 1. The SMILES string of the molecule is CNC(c1cncc(Br)c1)c1cc(Cl)ccc1OC. The van der Waals surface area contributed by atoms with Crippen molar-refractivity contribution in [1.82, 2.24) is 10.3 Å². The summed E-state index contributed by atoms with van der Waals surface area (Å²) in [5, 5.41) is 3.94. The third kappa shape index (κ3) is 3.26. The van der Waals surface area contributed by atoms with Crippen LogP contribution in [0.15, 0.2) is 41.1 Å². The zero-order valence-electron chi connectivity index (χ0n) is 10.7. The van der Waals surface area contributed by atoms with Crippen LogP contribution < -0.4 is 10.1 Å². The average Bonchev–Trinajstić information content (AvgIpc) is 2.40. The number of halogens is 2. The zero-order chi connectivity index (χ0) is 13.8. The van der Waals surface area contributed by atoms with Crippen molar-refractivity contribution in [2.75, 3.05) is 14.2 Å². The summed E-state index contributed by atoms with van der Waals surface area (Å²) in [5.74, 6) is 0.795. The van der Waals surface area contributed by atoms with Gasteiger partial charge < -0.3 is 10.1 Å². The third-order valence-corrected chi connectivity index (χ3v) is 3.52. The smallest absolute Gasteiger partial charge is 0.124 e. The van der Waals surface area contributed by atoms with Gasteiger partial charge >= 0.3 is 0 Å². The second-order valence-electron chi connectivity index (χ2n) is 4.04. The summed E-state index contributed by atoms with van der Waals surface area (Å²) >= 11 is 9.52. The highest BCUT2D eigenvalue weighted by atomic mass is 79.9. The number of pyridine rings is 1. The highest BCUT2D eigenvalue weighted by Crippen LogP contribution is 2.32. The van der Waals surface area contributed by atoms with Gasteiger partial charge in [0.25, 0.3) is 0 Å². The quantitative estimate of drug-likeness (QED) is 0.918. The summed E-state index contributed by atoms with van der Waals surface area (Å²) in [6, 6.07) is 7.58. The highest BCUT2D eigenvalue weighted by Gasteiger charge is 2.17. The van der Waals surface area contributed by atoms with Gasteiger partial charge in [0.2, 0.25) is 0 Å². The van der Waals surface area contributed by atoms with Crippen molar-refractivity contribution < 1.29 is 4.74 Å². The van der Waals surface area contributed by atoms with E-state index in [4.69, 9.17) is 16.3 Å². The van der Waals surface area contributed by atoms with Crippen LogP contribution in [0.4, 0.5) is 0 Å². The second kappa shape index (κ2) is 6.37. The van der Waals surface area contributed by atoms with Crippen LogP contribution in [0.3, 0.4) is 0 Å². The van der Waals surface area contributed by atoms with Crippen LogP contribution in [0.1, 0.15) is 17.2 Å².